The highest BCUT2D eigenvalue weighted by Gasteiger charge is 2.54. The van der Waals surface area contributed by atoms with Gasteiger partial charge in [0.15, 0.2) is 18.3 Å². The summed E-state index contributed by atoms with van der Waals surface area (Å²) in [5.41, 5.74) is 1.56. The van der Waals surface area contributed by atoms with Gasteiger partial charge in [0.2, 0.25) is 6.29 Å². The van der Waals surface area contributed by atoms with E-state index < -0.39 is 75.5 Å². The quantitative estimate of drug-likeness (QED) is 0.216. The van der Waals surface area contributed by atoms with Crippen molar-refractivity contribution in [2.45, 2.75) is 75.1 Å². The third-order valence-corrected chi connectivity index (χ3v) is 8.34. The van der Waals surface area contributed by atoms with Gasteiger partial charge in [-0.25, -0.2) is 0 Å². The molecule has 1 aliphatic heterocycles. The minimum atomic E-state index is -4.59. The van der Waals surface area contributed by atoms with E-state index >= 15 is 0 Å². The van der Waals surface area contributed by atoms with Crippen LogP contribution < -0.4 is 0 Å². The van der Waals surface area contributed by atoms with E-state index in [-0.39, 0.29) is 9.79 Å². The molecule has 1 heterocycles. The number of carbonyl (C=O) groups is 3. The lowest BCUT2D eigenvalue weighted by Crippen LogP contribution is -2.63. The first-order chi connectivity index (χ1) is 19.1. The topological polar surface area (TPSA) is 175 Å². The van der Waals surface area contributed by atoms with Crippen LogP contribution in [-0.2, 0) is 61.9 Å². The van der Waals surface area contributed by atoms with Crippen molar-refractivity contribution in [2.24, 2.45) is 0 Å². The first-order valence-electron chi connectivity index (χ1n) is 12.2. The minimum absolute atomic E-state index is 0.179. The van der Waals surface area contributed by atoms with Crippen molar-refractivity contribution < 1.29 is 58.5 Å². The Balaban J connectivity index is 2.01. The molecule has 0 N–H and O–H groups in total. The Morgan fingerprint density at radius 1 is 0.659 bits per heavy atom. The molecule has 0 saturated carbocycles. The van der Waals surface area contributed by atoms with Gasteiger partial charge in [-0.15, -0.1) is 0 Å². The number of benzene rings is 2. The van der Waals surface area contributed by atoms with Gasteiger partial charge < -0.3 is 18.9 Å². The van der Waals surface area contributed by atoms with E-state index in [1.54, 1.807) is 26.0 Å². The molecule has 0 aromatic heterocycles. The van der Waals surface area contributed by atoms with E-state index in [1.165, 1.54) is 36.4 Å². The van der Waals surface area contributed by atoms with Crippen molar-refractivity contribution in [3.63, 3.8) is 0 Å². The van der Waals surface area contributed by atoms with Crippen LogP contribution in [0.5, 0.6) is 0 Å². The summed E-state index contributed by atoms with van der Waals surface area (Å²) in [6.07, 6.45) is -8.65. The van der Waals surface area contributed by atoms with E-state index in [2.05, 4.69) is 0 Å². The van der Waals surface area contributed by atoms with Gasteiger partial charge in [0.05, 0.1) is 16.4 Å². The Morgan fingerprint density at radius 2 is 1.10 bits per heavy atom. The summed E-state index contributed by atoms with van der Waals surface area (Å²) >= 11 is 0. The molecule has 3 rings (SSSR count). The molecule has 2 aromatic rings. The van der Waals surface area contributed by atoms with Crippen molar-refractivity contribution in [3.8, 4) is 0 Å². The van der Waals surface area contributed by atoms with Crippen LogP contribution >= 0.6 is 0 Å². The van der Waals surface area contributed by atoms with Crippen LogP contribution in [0.15, 0.2) is 58.3 Å². The number of esters is 3. The van der Waals surface area contributed by atoms with E-state index in [4.69, 9.17) is 27.3 Å². The number of aryl methyl sites for hydroxylation is 2. The lowest BCUT2D eigenvalue weighted by Gasteiger charge is -2.43. The molecule has 0 radical (unpaired) electrons. The van der Waals surface area contributed by atoms with Crippen molar-refractivity contribution in [2.75, 3.05) is 6.61 Å². The SMILES string of the molecule is CC(=O)OC1O[C@H](COS(=O)(=O)c2ccc(C)cc2)[C@@H](OC(C)=O)[C@H](OC(C)=O)[C@H]1OS(=O)(=O)c1ccc(C)cc1. The normalized spacial score (nSPS) is 22.9. The number of ether oxygens (including phenoxy) is 4. The van der Waals surface area contributed by atoms with E-state index in [0.717, 1.165) is 31.9 Å². The number of hydrogen-bond acceptors (Lipinski definition) is 13. The Bertz CT molecular complexity index is 1470. The maximum atomic E-state index is 13.2. The first kappa shape index (κ1) is 32.1. The maximum Gasteiger partial charge on any atom is 0.305 e. The standard InChI is InChI=1S/C26H30O13S2/c1-15-6-10-20(11-7-15)40(30,31)34-14-22-23(35-17(3)27)24(36-18(4)28)25(26(38-22)37-19(5)29)39-41(32,33)21-12-8-16(2)9-13-21/h6-13,22-26H,14H2,1-5H3/t22-,23-,24+,25-,26?/m1/s1. The largest absolute Gasteiger partial charge is 0.456 e. The summed E-state index contributed by atoms with van der Waals surface area (Å²) in [6.45, 7) is 5.72. The first-order valence-corrected chi connectivity index (χ1v) is 15.0. The van der Waals surface area contributed by atoms with E-state index in [9.17, 15) is 31.2 Å². The van der Waals surface area contributed by atoms with Crippen LogP contribution in [0.1, 0.15) is 31.9 Å². The summed E-state index contributed by atoms with van der Waals surface area (Å²) in [5, 5.41) is 0. The third kappa shape index (κ3) is 8.56. The van der Waals surface area contributed by atoms with Crippen molar-refractivity contribution in [1.82, 2.24) is 0 Å². The lowest BCUT2D eigenvalue weighted by atomic mass is 9.98. The molecule has 1 unspecified atom stereocenters. The van der Waals surface area contributed by atoms with E-state index in [0.29, 0.717) is 0 Å². The predicted molar refractivity (Wildman–Crippen MR) is 139 cm³/mol. The molecule has 2 aromatic carbocycles. The highest BCUT2D eigenvalue weighted by atomic mass is 32.2. The summed E-state index contributed by atoms with van der Waals surface area (Å²) in [7, 11) is -8.94. The molecule has 41 heavy (non-hydrogen) atoms. The molecule has 0 aliphatic carbocycles. The number of rotatable bonds is 10. The molecule has 0 spiro atoms. The van der Waals surface area contributed by atoms with Crippen molar-refractivity contribution >= 4 is 38.1 Å². The third-order valence-electron chi connectivity index (χ3n) is 5.72. The van der Waals surface area contributed by atoms with Gasteiger partial charge in [-0.2, -0.15) is 16.8 Å². The van der Waals surface area contributed by atoms with Gasteiger partial charge >= 0.3 is 17.9 Å². The molecule has 224 valence electrons. The monoisotopic (exact) mass is 614 g/mol. The smallest absolute Gasteiger partial charge is 0.305 e. The molecule has 0 amide bonds. The van der Waals surface area contributed by atoms with Gasteiger partial charge in [-0.05, 0) is 38.1 Å². The predicted octanol–water partition coefficient (Wildman–Crippen LogP) is 1.93. The summed E-state index contributed by atoms with van der Waals surface area (Å²) in [5.74, 6) is -2.78. The molecule has 13 nitrogen and oxygen atoms in total. The van der Waals surface area contributed by atoms with Crippen LogP contribution in [0.3, 0.4) is 0 Å². The average molecular weight is 615 g/mol. The Kier molecular flexibility index (Phi) is 10.3. The van der Waals surface area contributed by atoms with Gasteiger partial charge in [0.25, 0.3) is 20.2 Å². The van der Waals surface area contributed by atoms with Crippen molar-refractivity contribution in [3.05, 3.63) is 59.7 Å². The van der Waals surface area contributed by atoms with Gasteiger partial charge in [0.1, 0.15) is 6.10 Å². The fraction of sp³-hybridized carbons (Fsp3) is 0.423. The Hall–Kier alpha value is -3.37. The summed E-state index contributed by atoms with van der Waals surface area (Å²) in [6, 6.07) is 11.3. The van der Waals surface area contributed by atoms with E-state index in [1.807, 2.05) is 0 Å². The number of carbonyl (C=O) groups excluding carboxylic acids is 3. The summed E-state index contributed by atoms with van der Waals surface area (Å²) < 4.78 is 83.9. The zero-order valence-electron chi connectivity index (χ0n) is 22.8. The minimum Gasteiger partial charge on any atom is -0.456 e. The van der Waals surface area contributed by atoms with Crippen molar-refractivity contribution in [1.29, 1.82) is 0 Å². The van der Waals surface area contributed by atoms with Crippen LogP contribution in [0.4, 0.5) is 0 Å². The molecule has 0 bridgehead atoms. The van der Waals surface area contributed by atoms with Gasteiger partial charge in [0, 0.05) is 20.8 Å². The summed E-state index contributed by atoms with van der Waals surface area (Å²) in [4.78, 5) is 35.6. The molecular formula is C26H30O13S2. The molecular weight excluding hydrogens is 584 g/mol. The fourth-order valence-corrected chi connectivity index (χ4v) is 5.86. The molecule has 1 saturated heterocycles. The maximum absolute atomic E-state index is 13.2. The molecule has 15 heteroatoms. The van der Waals surface area contributed by atoms with Crippen LogP contribution in [-0.4, -0.2) is 72.1 Å². The molecule has 5 atom stereocenters. The Labute approximate surface area is 237 Å². The van der Waals surface area contributed by atoms with Crippen LogP contribution in [0, 0.1) is 13.8 Å². The highest BCUT2D eigenvalue weighted by molar-refractivity contribution is 7.87. The average Bonchev–Trinajstić information content (AvgIpc) is 2.86. The molecule has 1 aliphatic rings. The Morgan fingerprint density at radius 3 is 1.56 bits per heavy atom. The molecule has 1 fully saturated rings. The zero-order chi connectivity index (χ0) is 30.5. The second-order valence-corrected chi connectivity index (χ2v) is 12.4. The van der Waals surface area contributed by atoms with Gasteiger partial charge in [-0.1, -0.05) is 35.4 Å². The van der Waals surface area contributed by atoms with Crippen LogP contribution in [0.2, 0.25) is 0 Å². The fourth-order valence-electron chi connectivity index (χ4n) is 3.87. The number of hydrogen-bond donors (Lipinski definition) is 0. The highest BCUT2D eigenvalue weighted by Crippen LogP contribution is 2.32. The van der Waals surface area contributed by atoms with Crippen LogP contribution in [0.25, 0.3) is 0 Å². The lowest BCUT2D eigenvalue weighted by molar-refractivity contribution is -0.290. The second-order valence-electron chi connectivity index (χ2n) is 9.18. The zero-order valence-corrected chi connectivity index (χ0v) is 24.5. The second kappa shape index (κ2) is 13.1. The van der Waals surface area contributed by atoms with Gasteiger partial charge in [-0.3, -0.25) is 22.7 Å².